The van der Waals surface area contributed by atoms with Gasteiger partial charge in [-0.25, -0.2) is 0 Å². The summed E-state index contributed by atoms with van der Waals surface area (Å²) in [7, 11) is 0. The van der Waals surface area contributed by atoms with E-state index in [-0.39, 0.29) is 0 Å². The quantitative estimate of drug-likeness (QED) is 0.705. The fourth-order valence-electron chi connectivity index (χ4n) is 2.31. The molecule has 122 valence electrons. The Bertz CT molecular complexity index is 879. The Labute approximate surface area is 146 Å². The van der Waals surface area contributed by atoms with E-state index in [9.17, 15) is 0 Å². The summed E-state index contributed by atoms with van der Waals surface area (Å²) in [6.07, 6.45) is 1.59. The van der Waals surface area contributed by atoms with Crippen molar-refractivity contribution in [2.45, 2.75) is 20.8 Å². The Morgan fingerprint density at radius 2 is 1.75 bits per heavy atom. The van der Waals surface area contributed by atoms with Crippen molar-refractivity contribution in [2.75, 3.05) is 10.6 Å². The smallest absolute Gasteiger partial charge is 0.249 e. The van der Waals surface area contributed by atoms with Gasteiger partial charge in [-0.1, -0.05) is 35.4 Å². The van der Waals surface area contributed by atoms with Gasteiger partial charge in [-0.05, 0) is 50.1 Å². The molecule has 24 heavy (non-hydrogen) atoms. The second kappa shape index (κ2) is 6.84. The van der Waals surface area contributed by atoms with E-state index in [0.717, 1.165) is 22.5 Å². The predicted molar refractivity (Wildman–Crippen MR) is 98.5 cm³/mol. The van der Waals surface area contributed by atoms with Crippen LogP contribution in [0.4, 0.5) is 23.1 Å². The fraction of sp³-hybridized carbons (Fsp3) is 0.167. The van der Waals surface area contributed by atoms with Crippen LogP contribution in [0.25, 0.3) is 0 Å². The average Bonchev–Trinajstić information content (AvgIpc) is 2.54. The first-order valence-electron chi connectivity index (χ1n) is 7.58. The number of aryl methyl sites for hydroxylation is 3. The van der Waals surface area contributed by atoms with Gasteiger partial charge >= 0.3 is 0 Å². The summed E-state index contributed by atoms with van der Waals surface area (Å²) >= 11 is 6.14. The van der Waals surface area contributed by atoms with Crippen LogP contribution in [0, 0.1) is 20.8 Å². The third-order valence-electron chi connectivity index (χ3n) is 3.63. The highest BCUT2D eigenvalue weighted by atomic mass is 35.5. The van der Waals surface area contributed by atoms with Crippen LogP contribution in [0.15, 0.2) is 42.6 Å². The zero-order valence-electron chi connectivity index (χ0n) is 13.8. The number of rotatable bonds is 4. The molecule has 2 aromatic carbocycles. The third-order valence-corrected chi connectivity index (χ3v) is 4.04. The van der Waals surface area contributed by atoms with Crippen molar-refractivity contribution in [3.63, 3.8) is 0 Å². The van der Waals surface area contributed by atoms with Crippen LogP contribution in [0.3, 0.4) is 0 Å². The van der Waals surface area contributed by atoms with Crippen LogP contribution in [0.5, 0.6) is 0 Å². The summed E-state index contributed by atoms with van der Waals surface area (Å²) < 4.78 is 0. The minimum atomic E-state index is 0.407. The zero-order chi connectivity index (χ0) is 17.1. The minimum Gasteiger partial charge on any atom is -0.339 e. The summed E-state index contributed by atoms with van der Waals surface area (Å²) in [5.41, 5.74) is 5.19. The monoisotopic (exact) mass is 339 g/mol. The van der Waals surface area contributed by atoms with Crippen LogP contribution in [-0.4, -0.2) is 15.2 Å². The number of hydrogen-bond donors (Lipinski definition) is 2. The zero-order valence-corrected chi connectivity index (χ0v) is 14.5. The fourth-order valence-corrected chi connectivity index (χ4v) is 2.49. The van der Waals surface area contributed by atoms with Crippen LogP contribution < -0.4 is 10.6 Å². The van der Waals surface area contributed by atoms with Gasteiger partial charge in [0.15, 0.2) is 5.82 Å². The molecule has 0 fully saturated rings. The Hall–Kier alpha value is -2.66. The van der Waals surface area contributed by atoms with Crippen molar-refractivity contribution in [1.29, 1.82) is 0 Å². The topological polar surface area (TPSA) is 62.7 Å². The standard InChI is InChI=1S/C18H18ClN5/c1-11-4-7-16(13(3)8-11)22-17-10-20-24-18(23-17)21-14-6-5-12(2)15(19)9-14/h4-10H,1-3H3,(H2,21,22,23,24). The predicted octanol–water partition coefficient (Wildman–Crippen LogP) is 4.94. The first-order valence-corrected chi connectivity index (χ1v) is 7.96. The van der Waals surface area contributed by atoms with Crippen molar-refractivity contribution in [1.82, 2.24) is 15.2 Å². The first kappa shape index (κ1) is 16.2. The molecule has 1 heterocycles. The lowest BCUT2D eigenvalue weighted by molar-refractivity contribution is 0.982. The summed E-state index contributed by atoms with van der Waals surface area (Å²) in [6, 6.07) is 11.9. The Morgan fingerprint density at radius 1 is 0.917 bits per heavy atom. The van der Waals surface area contributed by atoms with Gasteiger partial charge in [0.1, 0.15) is 0 Å². The highest BCUT2D eigenvalue weighted by Gasteiger charge is 2.05. The Morgan fingerprint density at radius 3 is 2.50 bits per heavy atom. The molecule has 1 aromatic heterocycles. The minimum absolute atomic E-state index is 0.407. The van der Waals surface area contributed by atoms with Crippen molar-refractivity contribution in [3.8, 4) is 0 Å². The molecular weight excluding hydrogens is 322 g/mol. The molecule has 0 unspecified atom stereocenters. The van der Waals surface area contributed by atoms with E-state index < -0.39 is 0 Å². The molecule has 6 heteroatoms. The molecule has 0 amide bonds. The molecule has 0 aliphatic heterocycles. The number of benzene rings is 2. The van der Waals surface area contributed by atoms with Gasteiger partial charge in [0.25, 0.3) is 0 Å². The normalized spacial score (nSPS) is 10.5. The van der Waals surface area contributed by atoms with E-state index in [1.54, 1.807) is 6.20 Å². The van der Waals surface area contributed by atoms with Crippen molar-refractivity contribution in [2.24, 2.45) is 0 Å². The van der Waals surface area contributed by atoms with Crippen molar-refractivity contribution in [3.05, 3.63) is 64.3 Å². The Balaban J connectivity index is 1.79. The average molecular weight is 340 g/mol. The molecule has 0 bridgehead atoms. The van der Waals surface area contributed by atoms with Crippen LogP contribution in [0.2, 0.25) is 5.02 Å². The lowest BCUT2D eigenvalue weighted by Gasteiger charge is -2.10. The number of aromatic nitrogens is 3. The van der Waals surface area contributed by atoms with Crippen LogP contribution in [0.1, 0.15) is 16.7 Å². The van der Waals surface area contributed by atoms with E-state index in [4.69, 9.17) is 11.6 Å². The molecule has 5 nitrogen and oxygen atoms in total. The Kier molecular flexibility index (Phi) is 4.62. The maximum absolute atomic E-state index is 6.14. The highest BCUT2D eigenvalue weighted by molar-refractivity contribution is 6.31. The molecule has 0 radical (unpaired) electrons. The van der Waals surface area contributed by atoms with E-state index in [1.807, 2.05) is 31.2 Å². The van der Waals surface area contributed by atoms with E-state index in [1.165, 1.54) is 5.56 Å². The number of nitrogens with one attached hydrogen (secondary N) is 2. The summed E-state index contributed by atoms with van der Waals surface area (Å²) in [4.78, 5) is 4.44. The first-order chi connectivity index (χ1) is 11.5. The van der Waals surface area contributed by atoms with Gasteiger partial charge in [0, 0.05) is 16.4 Å². The number of anilines is 4. The van der Waals surface area contributed by atoms with Crippen molar-refractivity contribution < 1.29 is 0 Å². The molecule has 3 aromatic rings. The van der Waals surface area contributed by atoms with Gasteiger partial charge in [-0.15, -0.1) is 5.10 Å². The molecule has 0 saturated heterocycles. The van der Waals surface area contributed by atoms with Gasteiger partial charge in [0.2, 0.25) is 5.95 Å². The number of halogens is 1. The maximum atomic E-state index is 6.14. The molecule has 3 rings (SSSR count). The largest absolute Gasteiger partial charge is 0.339 e. The van der Waals surface area contributed by atoms with E-state index in [2.05, 4.69) is 51.8 Å². The summed E-state index contributed by atoms with van der Waals surface area (Å²) in [5, 5.41) is 15.1. The molecule has 2 N–H and O–H groups in total. The molecule has 0 atom stereocenters. The van der Waals surface area contributed by atoms with Crippen molar-refractivity contribution >= 4 is 34.7 Å². The number of hydrogen-bond acceptors (Lipinski definition) is 5. The molecular formula is C18H18ClN5. The second-order valence-corrected chi connectivity index (χ2v) is 6.10. The molecule has 0 saturated carbocycles. The van der Waals surface area contributed by atoms with Gasteiger partial charge < -0.3 is 10.6 Å². The van der Waals surface area contributed by atoms with Gasteiger partial charge in [-0.2, -0.15) is 10.1 Å². The second-order valence-electron chi connectivity index (χ2n) is 5.70. The lowest BCUT2D eigenvalue weighted by Crippen LogP contribution is -2.03. The molecule has 0 aliphatic rings. The summed E-state index contributed by atoms with van der Waals surface area (Å²) in [5.74, 6) is 1.03. The highest BCUT2D eigenvalue weighted by Crippen LogP contribution is 2.23. The number of nitrogens with zero attached hydrogens (tertiary/aromatic N) is 3. The lowest BCUT2D eigenvalue weighted by atomic mass is 10.1. The van der Waals surface area contributed by atoms with E-state index >= 15 is 0 Å². The molecule has 0 spiro atoms. The van der Waals surface area contributed by atoms with Crippen LogP contribution in [-0.2, 0) is 0 Å². The van der Waals surface area contributed by atoms with Crippen LogP contribution >= 0.6 is 11.6 Å². The van der Waals surface area contributed by atoms with Gasteiger partial charge in [-0.3, -0.25) is 0 Å². The van der Waals surface area contributed by atoms with E-state index in [0.29, 0.717) is 16.8 Å². The molecule has 0 aliphatic carbocycles. The third kappa shape index (κ3) is 3.81. The summed E-state index contributed by atoms with van der Waals surface area (Å²) in [6.45, 7) is 6.08. The maximum Gasteiger partial charge on any atom is 0.249 e. The van der Waals surface area contributed by atoms with Gasteiger partial charge in [0.05, 0.1) is 6.20 Å². The SMILES string of the molecule is Cc1ccc(Nc2cnnc(Nc3ccc(C)c(Cl)c3)n2)c(C)c1.